The average molecular weight is 380 g/mol. The molecule has 3 aromatic rings. The Labute approximate surface area is 163 Å². The summed E-state index contributed by atoms with van der Waals surface area (Å²) in [4.78, 5) is 15.2. The highest BCUT2D eigenvalue weighted by atomic mass is 16.6. The van der Waals surface area contributed by atoms with Crippen LogP contribution in [0.15, 0.2) is 48.5 Å². The third kappa shape index (κ3) is 3.43. The molecule has 0 N–H and O–H groups in total. The molecule has 4 rings (SSSR count). The van der Waals surface area contributed by atoms with Crippen LogP contribution in [0.3, 0.4) is 0 Å². The molecule has 8 heteroatoms. The fourth-order valence-electron chi connectivity index (χ4n) is 3.97. The van der Waals surface area contributed by atoms with Gasteiger partial charge in [0.25, 0.3) is 5.69 Å². The molecule has 8 nitrogen and oxygen atoms in total. The lowest BCUT2D eigenvalue weighted by atomic mass is 10.1. The van der Waals surface area contributed by atoms with Gasteiger partial charge in [0.05, 0.1) is 10.4 Å². The number of hydrogen-bond acceptors (Lipinski definition) is 6. The molecule has 0 spiro atoms. The number of para-hydroxylation sites is 1. The summed E-state index contributed by atoms with van der Waals surface area (Å²) in [5.74, 6) is 0.385. The zero-order valence-electron chi connectivity index (χ0n) is 16.1. The largest absolute Gasteiger partial charge is 0.369 e. The number of aromatic nitrogens is 3. The normalized spacial score (nSPS) is 16.6. The van der Waals surface area contributed by atoms with Gasteiger partial charge in [0.2, 0.25) is 0 Å². The van der Waals surface area contributed by atoms with E-state index in [1.807, 2.05) is 35.0 Å². The summed E-state index contributed by atoms with van der Waals surface area (Å²) < 4.78 is 2.04. The van der Waals surface area contributed by atoms with Gasteiger partial charge in [-0.2, -0.15) is 0 Å². The third-order valence-corrected chi connectivity index (χ3v) is 5.34. The number of nitrogens with zero attached hydrogens (tertiary/aromatic N) is 6. The van der Waals surface area contributed by atoms with Gasteiger partial charge >= 0.3 is 0 Å². The maximum absolute atomic E-state index is 10.8. The smallest absolute Gasteiger partial charge is 0.269 e. The van der Waals surface area contributed by atoms with Crippen LogP contribution in [0.25, 0.3) is 11.0 Å². The van der Waals surface area contributed by atoms with Gasteiger partial charge in [-0.1, -0.05) is 31.2 Å². The van der Waals surface area contributed by atoms with Crippen molar-refractivity contribution in [3.8, 4) is 0 Å². The van der Waals surface area contributed by atoms with Crippen molar-refractivity contribution < 1.29 is 4.92 Å². The lowest BCUT2D eigenvalue weighted by molar-refractivity contribution is -0.384. The van der Waals surface area contributed by atoms with E-state index in [0.29, 0.717) is 5.92 Å². The molecule has 0 amide bonds. The monoisotopic (exact) mass is 380 g/mol. The van der Waals surface area contributed by atoms with Crippen molar-refractivity contribution >= 4 is 22.4 Å². The zero-order chi connectivity index (χ0) is 19.7. The summed E-state index contributed by atoms with van der Waals surface area (Å²) >= 11 is 0. The molecule has 28 heavy (non-hydrogen) atoms. The quantitative estimate of drug-likeness (QED) is 0.499. The molecule has 1 saturated heterocycles. The van der Waals surface area contributed by atoms with E-state index in [-0.39, 0.29) is 16.8 Å². The molecule has 0 aliphatic carbocycles. The van der Waals surface area contributed by atoms with Crippen LogP contribution in [-0.4, -0.2) is 51.0 Å². The van der Waals surface area contributed by atoms with Gasteiger partial charge in [0.1, 0.15) is 11.7 Å². The number of anilines is 1. The first-order chi connectivity index (χ1) is 13.5. The topological polar surface area (TPSA) is 80.3 Å². The molecule has 1 atom stereocenters. The minimum atomic E-state index is -0.364. The summed E-state index contributed by atoms with van der Waals surface area (Å²) in [5.41, 5.74) is 3.12. The van der Waals surface area contributed by atoms with Crippen molar-refractivity contribution in [1.29, 1.82) is 0 Å². The Hall–Kier alpha value is -3.00. The Morgan fingerprint density at radius 1 is 1.00 bits per heavy atom. The van der Waals surface area contributed by atoms with E-state index in [1.54, 1.807) is 12.1 Å². The van der Waals surface area contributed by atoms with E-state index in [9.17, 15) is 10.1 Å². The van der Waals surface area contributed by atoms with Crippen molar-refractivity contribution in [2.75, 3.05) is 31.1 Å². The predicted octanol–water partition coefficient (Wildman–Crippen LogP) is 3.32. The number of piperazine rings is 1. The van der Waals surface area contributed by atoms with Crippen LogP contribution in [0.1, 0.15) is 20.0 Å². The highest BCUT2D eigenvalue weighted by Gasteiger charge is 2.29. The first-order valence-electron chi connectivity index (χ1n) is 9.58. The number of nitro groups is 1. The Morgan fingerprint density at radius 3 is 2.32 bits per heavy atom. The Morgan fingerprint density at radius 2 is 1.68 bits per heavy atom. The number of hydrogen-bond donors (Lipinski definition) is 0. The van der Waals surface area contributed by atoms with Crippen LogP contribution < -0.4 is 4.90 Å². The standard InChI is InChI=1S/C20H24N6O2/c1-15(2)20(25-19-6-4-3-5-18(19)21-22-25)24-13-11-23(12-14-24)16-7-9-17(10-8-16)26(27)28/h3-10,15,20H,11-14H2,1-2H3. The fraction of sp³-hybridized carbons (Fsp3) is 0.400. The van der Waals surface area contributed by atoms with E-state index in [4.69, 9.17) is 0 Å². The lowest BCUT2D eigenvalue weighted by Crippen LogP contribution is -2.50. The molecule has 0 saturated carbocycles. The van der Waals surface area contributed by atoms with Gasteiger partial charge in [-0.15, -0.1) is 5.10 Å². The van der Waals surface area contributed by atoms with E-state index < -0.39 is 0 Å². The summed E-state index contributed by atoms with van der Waals surface area (Å²) in [7, 11) is 0. The van der Waals surface area contributed by atoms with Crippen molar-refractivity contribution in [2.45, 2.75) is 20.0 Å². The molecular formula is C20H24N6O2. The fourth-order valence-corrected chi connectivity index (χ4v) is 3.97. The number of nitro benzene ring substituents is 1. The van der Waals surface area contributed by atoms with Crippen LogP contribution in [0.4, 0.5) is 11.4 Å². The number of fused-ring (bicyclic) bond motifs is 1. The highest BCUT2D eigenvalue weighted by Crippen LogP contribution is 2.28. The Balaban J connectivity index is 1.50. The molecule has 2 aromatic carbocycles. The second kappa shape index (κ2) is 7.55. The first-order valence-corrected chi connectivity index (χ1v) is 9.58. The van der Waals surface area contributed by atoms with Gasteiger partial charge in [-0.05, 0) is 30.2 Å². The third-order valence-electron chi connectivity index (χ3n) is 5.34. The molecular weight excluding hydrogens is 356 g/mol. The molecule has 0 radical (unpaired) electrons. The lowest BCUT2D eigenvalue weighted by Gasteiger charge is -2.41. The minimum Gasteiger partial charge on any atom is -0.369 e. The van der Waals surface area contributed by atoms with E-state index in [2.05, 4.69) is 40.0 Å². The van der Waals surface area contributed by atoms with Crippen molar-refractivity contribution in [1.82, 2.24) is 19.9 Å². The maximum Gasteiger partial charge on any atom is 0.269 e. The average Bonchev–Trinajstić information content (AvgIpc) is 3.12. The molecule has 1 aliphatic heterocycles. The minimum absolute atomic E-state index is 0.125. The van der Waals surface area contributed by atoms with Gasteiger partial charge in [0, 0.05) is 44.0 Å². The van der Waals surface area contributed by atoms with E-state index >= 15 is 0 Å². The maximum atomic E-state index is 10.8. The SMILES string of the molecule is CC(C)C(N1CCN(c2ccc([N+](=O)[O-])cc2)CC1)n1nnc2ccccc21. The first kappa shape index (κ1) is 18.4. The van der Waals surface area contributed by atoms with Crippen LogP contribution in [0, 0.1) is 16.0 Å². The Kier molecular flexibility index (Phi) is 4.95. The van der Waals surface area contributed by atoms with Crippen molar-refractivity contribution in [3.63, 3.8) is 0 Å². The van der Waals surface area contributed by atoms with Crippen molar-refractivity contribution in [2.24, 2.45) is 5.92 Å². The highest BCUT2D eigenvalue weighted by molar-refractivity contribution is 5.74. The zero-order valence-corrected chi connectivity index (χ0v) is 16.1. The van der Waals surface area contributed by atoms with Crippen LogP contribution in [0.5, 0.6) is 0 Å². The molecule has 1 fully saturated rings. The molecule has 1 aliphatic rings. The molecule has 0 bridgehead atoms. The predicted molar refractivity (Wildman–Crippen MR) is 108 cm³/mol. The Bertz CT molecular complexity index is 960. The van der Waals surface area contributed by atoms with Crippen LogP contribution in [-0.2, 0) is 0 Å². The van der Waals surface area contributed by atoms with Crippen molar-refractivity contribution in [3.05, 3.63) is 58.6 Å². The second-order valence-electron chi connectivity index (χ2n) is 7.48. The van der Waals surface area contributed by atoms with E-state index in [1.165, 1.54) is 0 Å². The van der Waals surface area contributed by atoms with Gasteiger partial charge in [-0.3, -0.25) is 15.0 Å². The second-order valence-corrected chi connectivity index (χ2v) is 7.48. The van der Waals surface area contributed by atoms with E-state index in [0.717, 1.165) is 42.9 Å². The summed E-state index contributed by atoms with van der Waals surface area (Å²) in [5, 5.41) is 19.6. The number of non-ortho nitro benzene ring substituents is 1. The molecule has 146 valence electrons. The van der Waals surface area contributed by atoms with Crippen LogP contribution in [0.2, 0.25) is 0 Å². The van der Waals surface area contributed by atoms with Gasteiger partial charge < -0.3 is 4.90 Å². The van der Waals surface area contributed by atoms with Crippen LogP contribution >= 0.6 is 0 Å². The molecule has 1 aromatic heterocycles. The summed E-state index contributed by atoms with van der Waals surface area (Å²) in [6, 6.07) is 14.9. The van der Waals surface area contributed by atoms with Gasteiger partial charge in [0.15, 0.2) is 0 Å². The molecule has 1 unspecified atom stereocenters. The van der Waals surface area contributed by atoms with Gasteiger partial charge in [-0.25, -0.2) is 4.68 Å². The summed E-state index contributed by atoms with van der Waals surface area (Å²) in [6.45, 7) is 7.96. The number of benzene rings is 2. The molecule has 2 heterocycles. The number of rotatable bonds is 5. The summed E-state index contributed by atoms with van der Waals surface area (Å²) in [6.07, 6.45) is 0.145.